The van der Waals surface area contributed by atoms with Crippen molar-refractivity contribution in [1.82, 2.24) is 9.55 Å². The maximum atomic E-state index is 13.2. The van der Waals surface area contributed by atoms with Gasteiger partial charge in [-0.15, -0.1) is 0 Å². The van der Waals surface area contributed by atoms with Crippen LogP contribution in [0.2, 0.25) is 0 Å². The number of pyridine rings is 1. The molecule has 1 unspecified atom stereocenters. The molecule has 4 rings (SSSR count). The molecule has 0 aliphatic rings. The molecule has 1 N–H and O–H groups in total. The molecule has 0 aliphatic heterocycles. The molecular weight excluding hydrogens is 394 g/mol. The molecule has 154 valence electrons. The number of nitrogens with one attached hydrogen (secondary N) is 1. The third-order valence-corrected chi connectivity index (χ3v) is 6.40. The number of fused-ring (bicyclic) bond motifs is 2. The van der Waals surface area contributed by atoms with E-state index < -0.39 is 6.04 Å². The summed E-state index contributed by atoms with van der Waals surface area (Å²) in [7, 11) is 0. The fraction of sp³-hybridized carbons (Fsp3) is 0.292. The average molecular weight is 420 g/mol. The minimum Gasteiger partial charge on any atom is -0.300 e. The molecule has 0 fully saturated rings. The van der Waals surface area contributed by atoms with E-state index in [4.69, 9.17) is 0 Å². The Hall–Kier alpha value is -2.99. The number of rotatable bonds is 4. The van der Waals surface area contributed by atoms with Gasteiger partial charge in [-0.3, -0.25) is 14.2 Å². The van der Waals surface area contributed by atoms with E-state index >= 15 is 0 Å². The molecule has 0 bridgehead atoms. The topological polar surface area (TPSA) is 64.0 Å². The molecule has 1 atom stereocenters. The van der Waals surface area contributed by atoms with E-state index in [-0.39, 0.29) is 11.5 Å². The van der Waals surface area contributed by atoms with Crippen molar-refractivity contribution in [2.24, 2.45) is 0 Å². The van der Waals surface area contributed by atoms with Crippen LogP contribution in [0.1, 0.15) is 41.6 Å². The number of anilines is 1. The first-order valence-corrected chi connectivity index (χ1v) is 10.9. The number of carbonyl (C=O) groups excluding carboxylic acids is 1. The highest BCUT2D eigenvalue weighted by Gasteiger charge is 2.24. The highest BCUT2D eigenvalue weighted by atomic mass is 32.1. The fourth-order valence-corrected chi connectivity index (χ4v) is 5.06. The van der Waals surface area contributed by atoms with Crippen molar-refractivity contribution in [1.29, 1.82) is 0 Å². The molecule has 5 nitrogen and oxygen atoms in total. The number of carbonyl (C=O) groups is 1. The number of hydrogen-bond donors (Lipinski definition) is 1. The van der Waals surface area contributed by atoms with E-state index in [1.807, 2.05) is 46.8 Å². The maximum Gasteiger partial charge on any atom is 0.252 e. The number of benzene rings is 2. The lowest BCUT2D eigenvalue weighted by Gasteiger charge is -2.22. The lowest BCUT2D eigenvalue weighted by molar-refractivity contribution is -0.119. The number of aryl methyl sites for hydroxylation is 4. The molecule has 0 spiro atoms. The molecule has 2 heterocycles. The Labute approximate surface area is 179 Å². The Morgan fingerprint density at radius 3 is 2.57 bits per heavy atom. The Balaban J connectivity index is 1.79. The van der Waals surface area contributed by atoms with Gasteiger partial charge >= 0.3 is 0 Å². The second-order valence-corrected chi connectivity index (χ2v) is 8.95. The van der Waals surface area contributed by atoms with Crippen molar-refractivity contribution in [2.45, 2.75) is 47.1 Å². The fourth-order valence-electron chi connectivity index (χ4n) is 4.09. The van der Waals surface area contributed by atoms with Gasteiger partial charge in [0, 0.05) is 11.5 Å². The first-order valence-electron chi connectivity index (χ1n) is 10.1. The SMILES string of the molecule is CCC(C(=O)Nc1nc2ccc(C)cc2s1)n1c(=O)cc(C)c2cc(C)cc(C)c21. The normalized spacial score (nSPS) is 12.4. The molecule has 0 aliphatic carbocycles. The van der Waals surface area contributed by atoms with Crippen molar-refractivity contribution >= 4 is 43.5 Å². The smallest absolute Gasteiger partial charge is 0.252 e. The van der Waals surface area contributed by atoms with E-state index in [1.54, 1.807) is 10.6 Å². The zero-order chi connectivity index (χ0) is 21.6. The van der Waals surface area contributed by atoms with Crippen LogP contribution in [0.5, 0.6) is 0 Å². The van der Waals surface area contributed by atoms with Gasteiger partial charge in [0.25, 0.3) is 5.56 Å². The van der Waals surface area contributed by atoms with Gasteiger partial charge in [0.15, 0.2) is 5.13 Å². The van der Waals surface area contributed by atoms with Crippen LogP contribution < -0.4 is 10.9 Å². The van der Waals surface area contributed by atoms with Crippen molar-refractivity contribution in [2.75, 3.05) is 5.32 Å². The second kappa shape index (κ2) is 7.69. The van der Waals surface area contributed by atoms with E-state index in [9.17, 15) is 9.59 Å². The largest absolute Gasteiger partial charge is 0.300 e. The lowest BCUT2D eigenvalue weighted by Crippen LogP contribution is -2.33. The lowest BCUT2D eigenvalue weighted by atomic mass is 10.0. The summed E-state index contributed by atoms with van der Waals surface area (Å²) >= 11 is 1.45. The first-order chi connectivity index (χ1) is 14.3. The Bertz CT molecular complexity index is 1350. The predicted molar refractivity (Wildman–Crippen MR) is 125 cm³/mol. The summed E-state index contributed by atoms with van der Waals surface area (Å²) in [5.74, 6) is -0.222. The number of hydrogen-bond acceptors (Lipinski definition) is 4. The van der Waals surface area contributed by atoms with Crippen LogP contribution in [0, 0.1) is 27.7 Å². The zero-order valence-corrected chi connectivity index (χ0v) is 18.7. The minimum atomic E-state index is -0.615. The zero-order valence-electron chi connectivity index (χ0n) is 17.9. The van der Waals surface area contributed by atoms with Crippen LogP contribution in [0.15, 0.2) is 41.2 Å². The van der Waals surface area contributed by atoms with Crippen LogP contribution in [-0.4, -0.2) is 15.5 Å². The summed E-state index contributed by atoms with van der Waals surface area (Å²) in [6.45, 7) is 9.93. The summed E-state index contributed by atoms with van der Waals surface area (Å²) in [5.41, 5.74) is 5.73. The van der Waals surface area contributed by atoms with Gasteiger partial charge in [-0.25, -0.2) is 4.98 Å². The van der Waals surface area contributed by atoms with Gasteiger partial charge in [-0.05, 0) is 69.0 Å². The van der Waals surface area contributed by atoms with Gasteiger partial charge in [0.1, 0.15) is 6.04 Å². The van der Waals surface area contributed by atoms with Crippen LogP contribution >= 0.6 is 11.3 Å². The van der Waals surface area contributed by atoms with Gasteiger partial charge in [-0.1, -0.05) is 36.0 Å². The van der Waals surface area contributed by atoms with Crippen LogP contribution in [0.4, 0.5) is 5.13 Å². The Kier molecular flexibility index (Phi) is 5.20. The van der Waals surface area contributed by atoms with Crippen molar-refractivity contribution < 1.29 is 4.79 Å². The van der Waals surface area contributed by atoms with E-state index in [0.717, 1.165) is 43.4 Å². The number of amides is 1. The van der Waals surface area contributed by atoms with Gasteiger partial charge in [-0.2, -0.15) is 0 Å². The molecule has 2 aromatic heterocycles. The quantitative estimate of drug-likeness (QED) is 0.479. The van der Waals surface area contributed by atoms with Crippen LogP contribution in [-0.2, 0) is 4.79 Å². The monoisotopic (exact) mass is 419 g/mol. The highest BCUT2D eigenvalue weighted by Crippen LogP contribution is 2.29. The number of nitrogens with zero attached hydrogens (tertiary/aromatic N) is 2. The Morgan fingerprint density at radius 1 is 1.07 bits per heavy atom. The third kappa shape index (κ3) is 3.52. The summed E-state index contributed by atoms with van der Waals surface area (Å²) in [6, 6.07) is 11.2. The molecule has 30 heavy (non-hydrogen) atoms. The molecule has 1 amide bonds. The number of thiazole rings is 1. The van der Waals surface area contributed by atoms with Crippen molar-refractivity contribution in [3.63, 3.8) is 0 Å². The molecule has 6 heteroatoms. The van der Waals surface area contributed by atoms with Crippen LogP contribution in [0.25, 0.3) is 21.1 Å². The standard InChI is InChI=1S/C24H25N3O2S/c1-6-19(23(29)26-24-25-18-8-7-13(2)11-20(18)30-24)27-21(28)12-15(4)17-10-14(3)9-16(5)22(17)27/h7-12,19H,6H2,1-5H3,(H,25,26,29). The number of aromatic nitrogens is 2. The summed E-state index contributed by atoms with van der Waals surface area (Å²) in [4.78, 5) is 30.8. The summed E-state index contributed by atoms with van der Waals surface area (Å²) in [6.07, 6.45) is 0.501. The Morgan fingerprint density at radius 2 is 1.83 bits per heavy atom. The average Bonchev–Trinajstić information content (AvgIpc) is 3.06. The molecule has 2 aromatic carbocycles. The van der Waals surface area contributed by atoms with Gasteiger partial charge < -0.3 is 5.32 Å². The van der Waals surface area contributed by atoms with Crippen molar-refractivity contribution in [3.05, 3.63) is 69.0 Å². The molecule has 4 aromatic rings. The highest BCUT2D eigenvalue weighted by molar-refractivity contribution is 7.22. The summed E-state index contributed by atoms with van der Waals surface area (Å²) < 4.78 is 2.67. The van der Waals surface area contributed by atoms with E-state index in [1.165, 1.54) is 11.3 Å². The third-order valence-electron chi connectivity index (χ3n) is 5.46. The second-order valence-electron chi connectivity index (χ2n) is 7.92. The van der Waals surface area contributed by atoms with Gasteiger partial charge in [0.2, 0.25) is 5.91 Å². The maximum absolute atomic E-state index is 13.2. The molecule has 0 radical (unpaired) electrons. The predicted octanol–water partition coefficient (Wildman–Crippen LogP) is 5.43. The molecule has 0 saturated heterocycles. The van der Waals surface area contributed by atoms with Crippen LogP contribution in [0.3, 0.4) is 0 Å². The summed E-state index contributed by atoms with van der Waals surface area (Å²) in [5, 5.41) is 4.51. The molecule has 0 saturated carbocycles. The molecular formula is C24H25N3O2S. The van der Waals surface area contributed by atoms with Gasteiger partial charge in [0.05, 0.1) is 15.7 Å². The van der Waals surface area contributed by atoms with E-state index in [0.29, 0.717) is 11.6 Å². The van der Waals surface area contributed by atoms with E-state index in [2.05, 4.69) is 28.5 Å². The first kappa shape index (κ1) is 20.3. The minimum absolute atomic E-state index is 0.158. The van der Waals surface area contributed by atoms with Crippen molar-refractivity contribution in [3.8, 4) is 0 Å².